The van der Waals surface area contributed by atoms with E-state index in [1.54, 1.807) is 0 Å². The SMILES string of the molecule is CCCCC[C@@H]1C[C@@]2(C(=O)O)CC[C@](C)(CO)C[C@H]2C2=CC[C@@]34CCC[C@]21[C@]3(C)CC[C@@H]1[C@](C)(CO)[C@H](O[C@@H]2OC[C@@H](O)[C@H](O)[C@H]2O)[C@H](O)C[C@@]14C. The number of hydrogen-bond acceptors (Lipinski definition) is 9. The zero-order valence-electron chi connectivity index (χ0n) is 32.4. The third-order valence-electron chi connectivity index (χ3n) is 17.9. The molecule has 1 spiro atoms. The molecule has 6 aliphatic carbocycles. The maximum Gasteiger partial charge on any atom is 0.310 e. The largest absolute Gasteiger partial charge is 0.481 e. The first-order valence-electron chi connectivity index (χ1n) is 20.6. The smallest absolute Gasteiger partial charge is 0.310 e. The molecule has 0 aromatic rings. The minimum Gasteiger partial charge on any atom is -0.481 e. The topological polar surface area (TPSA) is 177 Å². The summed E-state index contributed by atoms with van der Waals surface area (Å²) in [7, 11) is 0. The van der Waals surface area contributed by atoms with Crippen LogP contribution in [0, 0.1) is 55.7 Å². The number of fused-ring (bicyclic) bond motifs is 3. The highest BCUT2D eigenvalue weighted by molar-refractivity contribution is 5.77. The van der Waals surface area contributed by atoms with Crippen LogP contribution < -0.4 is 0 Å². The summed E-state index contributed by atoms with van der Waals surface area (Å²) in [6.45, 7) is 10.9. The lowest BCUT2D eigenvalue weighted by Gasteiger charge is -2.80. The maximum atomic E-state index is 13.6. The molecule has 5 saturated carbocycles. The molecule has 16 atom stereocenters. The monoisotopic (exact) mass is 732 g/mol. The van der Waals surface area contributed by atoms with Gasteiger partial charge in [-0.25, -0.2) is 0 Å². The van der Waals surface area contributed by atoms with E-state index in [9.17, 15) is 40.5 Å². The van der Waals surface area contributed by atoms with Gasteiger partial charge in [-0.15, -0.1) is 0 Å². The molecule has 1 saturated heterocycles. The van der Waals surface area contributed by atoms with Crippen molar-refractivity contribution in [3.63, 3.8) is 0 Å². The third-order valence-corrected chi connectivity index (χ3v) is 17.9. The number of aliphatic hydroxyl groups is 6. The Morgan fingerprint density at radius 3 is 2.33 bits per heavy atom. The fraction of sp³-hybridized carbons (Fsp3) is 0.929. The molecule has 0 aromatic carbocycles. The van der Waals surface area contributed by atoms with Crippen molar-refractivity contribution in [2.45, 2.75) is 168 Å². The van der Waals surface area contributed by atoms with Crippen LogP contribution in [0.15, 0.2) is 11.6 Å². The molecule has 10 nitrogen and oxygen atoms in total. The number of unbranched alkanes of at least 4 members (excludes halogenated alkanes) is 2. The Balaban J connectivity index is 1.33. The lowest BCUT2D eigenvalue weighted by atomic mass is 9.24. The van der Waals surface area contributed by atoms with E-state index in [4.69, 9.17) is 9.47 Å². The predicted molar refractivity (Wildman–Crippen MR) is 194 cm³/mol. The highest BCUT2D eigenvalue weighted by Crippen LogP contribution is 2.85. The molecule has 296 valence electrons. The molecule has 10 heteroatoms. The van der Waals surface area contributed by atoms with Crippen molar-refractivity contribution in [3.8, 4) is 0 Å². The number of carboxylic acid groups (broad SMARTS) is 1. The van der Waals surface area contributed by atoms with Crippen LogP contribution in [-0.2, 0) is 14.3 Å². The normalized spacial score (nSPS) is 54.2. The van der Waals surface area contributed by atoms with Crippen molar-refractivity contribution < 1.29 is 50.0 Å². The first-order valence-corrected chi connectivity index (χ1v) is 20.6. The fourth-order valence-corrected chi connectivity index (χ4v) is 15.2. The van der Waals surface area contributed by atoms with Crippen molar-refractivity contribution in [3.05, 3.63) is 11.6 Å². The Kier molecular flexibility index (Phi) is 9.97. The Bertz CT molecular complexity index is 1400. The number of rotatable bonds is 9. The van der Waals surface area contributed by atoms with Gasteiger partial charge in [-0.2, -0.15) is 0 Å². The molecule has 1 heterocycles. The lowest BCUT2D eigenvalue weighted by Crippen LogP contribution is -2.75. The summed E-state index contributed by atoms with van der Waals surface area (Å²) in [5.41, 5.74) is -1.63. The second kappa shape index (κ2) is 13.2. The predicted octanol–water partition coefficient (Wildman–Crippen LogP) is 4.95. The molecule has 0 amide bonds. The van der Waals surface area contributed by atoms with Gasteiger partial charge < -0.3 is 45.2 Å². The first-order chi connectivity index (χ1) is 24.5. The third kappa shape index (κ3) is 4.99. The highest BCUT2D eigenvalue weighted by atomic mass is 16.7. The zero-order valence-corrected chi connectivity index (χ0v) is 32.4. The van der Waals surface area contributed by atoms with Gasteiger partial charge in [0.2, 0.25) is 0 Å². The van der Waals surface area contributed by atoms with Crippen LogP contribution in [0.3, 0.4) is 0 Å². The van der Waals surface area contributed by atoms with Gasteiger partial charge in [0.15, 0.2) is 6.29 Å². The van der Waals surface area contributed by atoms with Crippen molar-refractivity contribution in [2.24, 2.45) is 55.7 Å². The number of aliphatic carboxylic acids is 1. The van der Waals surface area contributed by atoms with Gasteiger partial charge >= 0.3 is 5.97 Å². The van der Waals surface area contributed by atoms with E-state index in [1.165, 1.54) is 5.57 Å². The Hall–Kier alpha value is -1.11. The van der Waals surface area contributed by atoms with Gasteiger partial charge in [-0.3, -0.25) is 4.79 Å². The van der Waals surface area contributed by atoms with Gasteiger partial charge in [0.25, 0.3) is 0 Å². The van der Waals surface area contributed by atoms with Crippen LogP contribution in [0.25, 0.3) is 0 Å². The van der Waals surface area contributed by atoms with E-state index < -0.39 is 59.0 Å². The van der Waals surface area contributed by atoms with Crippen LogP contribution in [0.2, 0.25) is 0 Å². The molecule has 7 rings (SSSR count). The van der Waals surface area contributed by atoms with Crippen LogP contribution >= 0.6 is 0 Å². The average molecular weight is 733 g/mol. The van der Waals surface area contributed by atoms with Gasteiger partial charge in [-0.1, -0.05) is 72.0 Å². The zero-order chi connectivity index (χ0) is 37.7. The van der Waals surface area contributed by atoms with E-state index in [1.807, 2.05) is 6.92 Å². The number of carbonyl (C=O) groups is 1. The van der Waals surface area contributed by atoms with E-state index in [0.717, 1.165) is 70.6 Å². The van der Waals surface area contributed by atoms with E-state index in [-0.39, 0.29) is 59.2 Å². The van der Waals surface area contributed by atoms with E-state index in [0.29, 0.717) is 25.7 Å². The van der Waals surface area contributed by atoms with Gasteiger partial charge in [0.1, 0.15) is 18.3 Å². The van der Waals surface area contributed by atoms with Crippen LogP contribution in [0.1, 0.15) is 131 Å². The Morgan fingerprint density at radius 1 is 0.904 bits per heavy atom. The number of carboxylic acids is 1. The summed E-state index contributed by atoms with van der Waals surface area (Å²) < 4.78 is 12.0. The number of hydrogen-bond donors (Lipinski definition) is 7. The number of allylic oxidation sites excluding steroid dienone is 2. The summed E-state index contributed by atoms with van der Waals surface area (Å²) >= 11 is 0. The molecule has 7 aliphatic rings. The van der Waals surface area contributed by atoms with Crippen molar-refractivity contribution in [2.75, 3.05) is 19.8 Å². The summed E-state index contributed by atoms with van der Waals surface area (Å²) in [5.74, 6) is -0.594. The number of aliphatic hydroxyl groups excluding tert-OH is 6. The summed E-state index contributed by atoms with van der Waals surface area (Å²) in [6, 6.07) is 0. The summed E-state index contributed by atoms with van der Waals surface area (Å²) in [6.07, 6.45) is 8.25. The van der Waals surface area contributed by atoms with Crippen molar-refractivity contribution in [1.82, 2.24) is 0 Å². The molecular formula is C42H68O10. The Morgan fingerprint density at radius 2 is 1.65 bits per heavy atom. The quantitative estimate of drug-likeness (QED) is 0.0975. The fourth-order valence-electron chi connectivity index (χ4n) is 15.2. The molecule has 7 N–H and O–H groups in total. The summed E-state index contributed by atoms with van der Waals surface area (Å²) in [5, 5.41) is 76.6. The standard InChI is InChI=1S/C42H68O10/c1-6-7-8-10-25-19-40(35(49)50)18-17-36(2,23-43)20-27(40)26-11-16-41-13-9-14-42(25,26)39(41,5)15-12-30-37(3,24-44)33(28(45)21-38(30,41)4)52-34-32(48)31(47)29(46)22-51-34/h11,25,27-34,43-48H,6-10,12-24H2,1-5H3,(H,49,50)/t25-,27+,28-,29-,30-,31+,32-,33-,34+,36+,37+,38+,39-,40+,41-,42-/m1/s1. The van der Waals surface area contributed by atoms with Gasteiger partial charge in [0, 0.05) is 17.4 Å². The second-order valence-electron chi connectivity index (χ2n) is 19.9. The molecular weight excluding hydrogens is 664 g/mol. The highest BCUT2D eigenvalue weighted by Gasteiger charge is 2.79. The summed E-state index contributed by atoms with van der Waals surface area (Å²) in [4.78, 5) is 13.6. The molecule has 0 aromatic heterocycles. The molecule has 0 unspecified atom stereocenters. The van der Waals surface area contributed by atoms with Crippen molar-refractivity contribution in [1.29, 1.82) is 0 Å². The second-order valence-corrected chi connectivity index (χ2v) is 19.9. The molecule has 2 bridgehead atoms. The first kappa shape index (κ1) is 39.1. The van der Waals surface area contributed by atoms with Crippen molar-refractivity contribution >= 4 is 5.97 Å². The average Bonchev–Trinajstić information content (AvgIpc) is 3.09. The lowest BCUT2D eigenvalue weighted by molar-refractivity contribution is -0.345. The minimum absolute atomic E-state index is 0.0274. The number of ether oxygens (including phenoxy) is 2. The molecule has 52 heavy (non-hydrogen) atoms. The Labute approximate surface area is 310 Å². The van der Waals surface area contributed by atoms with Gasteiger partial charge in [0.05, 0.1) is 30.8 Å². The maximum absolute atomic E-state index is 13.6. The molecule has 0 radical (unpaired) electrons. The van der Waals surface area contributed by atoms with Gasteiger partial charge in [-0.05, 0) is 110 Å². The van der Waals surface area contributed by atoms with E-state index in [2.05, 4.69) is 33.8 Å². The molecule has 1 aliphatic heterocycles. The van der Waals surface area contributed by atoms with Crippen LogP contribution in [-0.4, -0.2) is 98.3 Å². The minimum atomic E-state index is -1.50. The van der Waals surface area contributed by atoms with Crippen LogP contribution in [0.5, 0.6) is 0 Å². The van der Waals surface area contributed by atoms with E-state index >= 15 is 0 Å². The molecule has 6 fully saturated rings. The van der Waals surface area contributed by atoms with Crippen LogP contribution in [0.4, 0.5) is 0 Å².